The van der Waals surface area contributed by atoms with E-state index >= 15 is 0 Å². The zero-order chi connectivity index (χ0) is 27.1. The van der Waals surface area contributed by atoms with Crippen LogP contribution < -0.4 is 4.90 Å². The number of anilines is 1. The molecule has 0 bridgehead atoms. The molecule has 5 rings (SSSR count). The normalized spacial score (nSPS) is 33.9. The molecule has 0 radical (unpaired) electrons. The van der Waals surface area contributed by atoms with Crippen molar-refractivity contribution in [3.63, 3.8) is 0 Å². The van der Waals surface area contributed by atoms with E-state index in [4.69, 9.17) is 9.47 Å². The number of aliphatic hydroxyl groups excluding tert-OH is 1. The van der Waals surface area contributed by atoms with Crippen LogP contribution in [0.15, 0.2) is 42.5 Å². The van der Waals surface area contributed by atoms with Crippen LogP contribution in [0, 0.1) is 25.7 Å². The Balaban J connectivity index is 1.63. The Morgan fingerprint density at radius 3 is 2.63 bits per heavy atom. The van der Waals surface area contributed by atoms with Gasteiger partial charge in [0.2, 0.25) is 5.91 Å². The number of carbonyl (C=O) groups excluding carboxylic acids is 3. The van der Waals surface area contributed by atoms with Crippen molar-refractivity contribution in [2.24, 2.45) is 11.8 Å². The van der Waals surface area contributed by atoms with Crippen LogP contribution in [0.2, 0.25) is 0 Å². The van der Waals surface area contributed by atoms with Crippen LogP contribution >= 0.6 is 0 Å². The van der Waals surface area contributed by atoms with Gasteiger partial charge in [0.05, 0.1) is 18.1 Å². The standard InChI is InChI=1S/C30H38N2O6/c1-20-11-12-21(2)22(19-20)31-16-10-14-30-23(26(34)32(15-7-8-17-33)25(30)27(31)35)24-28(36)37-18-9-5-4-6-13-29(24,3)38-30/h6,10-14,19,23-25,33H,4-5,7-9,15-18H2,1-3H3/b13-6-/t23-,24-,25?,29+,30-/m0/s1. The number of fused-ring (bicyclic) bond motifs is 2. The highest BCUT2D eigenvalue weighted by Gasteiger charge is 2.74. The molecule has 1 spiro atoms. The number of benzene rings is 1. The first-order chi connectivity index (χ1) is 18.2. The molecule has 0 aliphatic carbocycles. The molecule has 8 nitrogen and oxygen atoms in total. The summed E-state index contributed by atoms with van der Waals surface area (Å²) in [6, 6.07) is 5.05. The molecule has 0 saturated carbocycles. The number of rotatable bonds is 5. The molecule has 4 aliphatic rings. The molecule has 5 atom stereocenters. The summed E-state index contributed by atoms with van der Waals surface area (Å²) in [6.45, 7) is 6.70. The lowest BCUT2D eigenvalue weighted by atomic mass is 9.74. The highest BCUT2D eigenvalue weighted by atomic mass is 16.6. The maximum atomic E-state index is 14.5. The molecule has 38 heavy (non-hydrogen) atoms. The SMILES string of the molecule is Cc1ccc(C)c(N2CC=C[C@]34O[C@]5(C)/C=C\CCCCOC(=O)[C@@H]5[C@H]3C(=O)N(CCCCO)C4C2=O)c1. The number of unbranched alkanes of at least 4 members (excludes halogenated alkanes) is 1. The summed E-state index contributed by atoms with van der Waals surface area (Å²) >= 11 is 0. The number of cyclic esters (lactones) is 1. The number of aliphatic hydroxyl groups is 1. The third-order valence-corrected chi connectivity index (χ3v) is 8.46. The number of esters is 1. The van der Waals surface area contributed by atoms with Crippen LogP contribution in [0.3, 0.4) is 0 Å². The second kappa shape index (κ2) is 10.3. The first kappa shape index (κ1) is 26.6. The van der Waals surface area contributed by atoms with Gasteiger partial charge in [-0.15, -0.1) is 0 Å². The van der Waals surface area contributed by atoms with Crippen LogP contribution in [0.25, 0.3) is 0 Å². The third kappa shape index (κ3) is 4.28. The van der Waals surface area contributed by atoms with Gasteiger partial charge in [0.25, 0.3) is 5.91 Å². The average molecular weight is 523 g/mol. The molecule has 1 aromatic rings. The predicted molar refractivity (Wildman–Crippen MR) is 142 cm³/mol. The van der Waals surface area contributed by atoms with Crippen molar-refractivity contribution in [2.45, 2.75) is 70.1 Å². The van der Waals surface area contributed by atoms with Gasteiger partial charge in [-0.2, -0.15) is 0 Å². The predicted octanol–water partition coefficient (Wildman–Crippen LogP) is 3.23. The molecule has 8 heteroatoms. The van der Waals surface area contributed by atoms with Gasteiger partial charge < -0.3 is 24.4 Å². The van der Waals surface area contributed by atoms with E-state index in [2.05, 4.69) is 0 Å². The molecular weight excluding hydrogens is 484 g/mol. The van der Waals surface area contributed by atoms with E-state index in [1.165, 1.54) is 0 Å². The minimum atomic E-state index is -1.31. The van der Waals surface area contributed by atoms with Crippen molar-refractivity contribution < 1.29 is 29.0 Å². The van der Waals surface area contributed by atoms with Gasteiger partial charge in [-0.3, -0.25) is 14.4 Å². The van der Waals surface area contributed by atoms with Gasteiger partial charge in [-0.1, -0.05) is 36.4 Å². The quantitative estimate of drug-likeness (QED) is 0.362. The lowest BCUT2D eigenvalue weighted by Gasteiger charge is -2.37. The van der Waals surface area contributed by atoms with Crippen LogP contribution in [0.4, 0.5) is 5.69 Å². The molecular formula is C30H38N2O6. The van der Waals surface area contributed by atoms with Gasteiger partial charge in [0.15, 0.2) is 0 Å². The first-order valence-electron chi connectivity index (χ1n) is 13.8. The van der Waals surface area contributed by atoms with Crippen molar-refractivity contribution in [1.82, 2.24) is 4.90 Å². The Labute approximate surface area is 224 Å². The number of ether oxygens (including phenoxy) is 2. The van der Waals surface area contributed by atoms with Crippen molar-refractivity contribution in [1.29, 1.82) is 0 Å². The van der Waals surface area contributed by atoms with E-state index in [0.717, 1.165) is 36.1 Å². The molecule has 1 aromatic carbocycles. The largest absolute Gasteiger partial charge is 0.465 e. The van der Waals surface area contributed by atoms with Gasteiger partial charge >= 0.3 is 5.97 Å². The Kier molecular flexibility index (Phi) is 7.22. The number of aryl methyl sites for hydroxylation is 2. The van der Waals surface area contributed by atoms with Crippen LogP contribution in [0.1, 0.15) is 50.2 Å². The van der Waals surface area contributed by atoms with Crippen molar-refractivity contribution in [2.75, 3.05) is 31.2 Å². The van der Waals surface area contributed by atoms with Gasteiger partial charge in [0.1, 0.15) is 17.6 Å². The Morgan fingerprint density at radius 2 is 1.84 bits per heavy atom. The summed E-state index contributed by atoms with van der Waals surface area (Å²) in [6.07, 6.45) is 11.2. The summed E-state index contributed by atoms with van der Waals surface area (Å²) in [5.41, 5.74) is 0.385. The zero-order valence-electron chi connectivity index (χ0n) is 22.5. The third-order valence-electron chi connectivity index (χ3n) is 8.46. The number of carbonyl (C=O) groups is 3. The molecule has 4 heterocycles. The molecule has 204 valence electrons. The molecule has 1 unspecified atom stereocenters. The van der Waals surface area contributed by atoms with Crippen LogP contribution in [-0.4, -0.2) is 71.3 Å². The number of amides is 2. The Hall–Kier alpha value is -2.97. The molecule has 2 fully saturated rings. The van der Waals surface area contributed by atoms with E-state index in [1.807, 2.05) is 63.3 Å². The number of hydrogen-bond donors (Lipinski definition) is 1. The lowest BCUT2D eigenvalue weighted by molar-refractivity contribution is -0.158. The summed E-state index contributed by atoms with van der Waals surface area (Å²) in [5.74, 6) is -2.72. The maximum Gasteiger partial charge on any atom is 0.313 e. The molecule has 4 aliphatic heterocycles. The summed E-state index contributed by atoms with van der Waals surface area (Å²) in [5, 5.41) is 9.39. The second-order valence-corrected chi connectivity index (χ2v) is 11.2. The maximum absolute atomic E-state index is 14.5. The van der Waals surface area contributed by atoms with E-state index in [1.54, 1.807) is 9.80 Å². The molecule has 1 N–H and O–H groups in total. The summed E-state index contributed by atoms with van der Waals surface area (Å²) in [4.78, 5) is 45.5. The van der Waals surface area contributed by atoms with Crippen molar-refractivity contribution in [3.8, 4) is 0 Å². The van der Waals surface area contributed by atoms with Crippen molar-refractivity contribution in [3.05, 3.63) is 53.6 Å². The number of likely N-dealkylation sites (tertiary alicyclic amines) is 1. The highest BCUT2D eigenvalue weighted by molar-refractivity contribution is 6.06. The molecule has 0 aromatic heterocycles. The topological polar surface area (TPSA) is 96.4 Å². The van der Waals surface area contributed by atoms with E-state index in [9.17, 15) is 19.5 Å². The fraction of sp³-hybridized carbons (Fsp3) is 0.567. The molecule has 2 amide bonds. The first-order valence-corrected chi connectivity index (χ1v) is 13.8. The minimum absolute atomic E-state index is 0.00194. The van der Waals surface area contributed by atoms with E-state index in [0.29, 0.717) is 32.5 Å². The monoisotopic (exact) mass is 522 g/mol. The summed E-state index contributed by atoms with van der Waals surface area (Å²) < 4.78 is 12.5. The molecule has 2 saturated heterocycles. The number of allylic oxidation sites excluding steroid dienone is 1. The smallest absolute Gasteiger partial charge is 0.313 e. The van der Waals surface area contributed by atoms with Crippen LogP contribution in [0.5, 0.6) is 0 Å². The van der Waals surface area contributed by atoms with Gasteiger partial charge in [-0.25, -0.2) is 0 Å². The Morgan fingerprint density at radius 1 is 1.03 bits per heavy atom. The Bertz CT molecular complexity index is 1180. The average Bonchev–Trinajstić information content (AvgIpc) is 3.20. The second-order valence-electron chi connectivity index (χ2n) is 11.2. The number of nitrogens with zero attached hydrogens (tertiary/aromatic N) is 2. The van der Waals surface area contributed by atoms with Gasteiger partial charge in [0, 0.05) is 25.4 Å². The zero-order valence-corrected chi connectivity index (χ0v) is 22.5. The van der Waals surface area contributed by atoms with Crippen LogP contribution in [-0.2, 0) is 23.9 Å². The van der Waals surface area contributed by atoms with E-state index < -0.39 is 35.0 Å². The lowest BCUT2D eigenvalue weighted by Crippen LogP contribution is -2.56. The fourth-order valence-electron chi connectivity index (χ4n) is 6.66. The van der Waals surface area contributed by atoms with Gasteiger partial charge in [-0.05, 0) is 70.1 Å². The van der Waals surface area contributed by atoms with Crippen molar-refractivity contribution >= 4 is 23.5 Å². The summed E-state index contributed by atoms with van der Waals surface area (Å²) in [7, 11) is 0. The fourth-order valence-corrected chi connectivity index (χ4v) is 6.66. The van der Waals surface area contributed by atoms with E-state index in [-0.39, 0.29) is 18.4 Å². The highest BCUT2D eigenvalue weighted by Crippen LogP contribution is 2.57. The minimum Gasteiger partial charge on any atom is -0.465 e. The number of hydrogen-bond acceptors (Lipinski definition) is 6.